The Bertz CT molecular complexity index is 1720. The minimum Gasteiger partial charge on any atom is -0.490 e. The number of halogens is 1. The fraction of sp³-hybridized carbons (Fsp3) is 0.675. The highest BCUT2D eigenvalue weighted by atomic mass is 35.5. The number of hydrogen-bond acceptors (Lipinski definition) is 8. The van der Waals surface area contributed by atoms with Gasteiger partial charge in [-0.05, 0) is 117 Å². The number of fused-ring (bicyclic) bond motifs is 5. The van der Waals surface area contributed by atoms with E-state index in [1.54, 1.807) is 13.0 Å². The first kappa shape index (κ1) is 35.6. The lowest BCUT2D eigenvalue weighted by atomic mass is 9.65. The lowest BCUT2D eigenvalue weighted by Gasteiger charge is -2.49. The second-order valence-electron chi connectivity index (χ2n) is 16.7. The first-order chi connectivity index (χ1) is 24.6. The summed E-state index contributed by atoms with van der Waals surface area (Å²) in [6.07, 6.45) is 8.42. The predicted octanol–water partition coefficient (Wildman–Crippen LogP) is 5.74. The van der Waals surface area contributed by atoms with Crippen molar-refractivity contribution in [3.63, 3.8) is 0 Å². The molecule has 2 aromatic rings. The summed E-state index contributed by atoms with van der Waals surface area (Å²) in [5, 5.41) is 0.0905. The number of anilines is 1. The van der Waals surface area contributed by atoms with Crippen LogP contribution in [0.4, 0.5) is 5.69 Å². The molecule has 11 heteroatoms. The van der Waals surface area contributed by atoms with Crippen molar-refractivity contribution in [2.24, 2.45) is 23.7 Å². The van der Waals surface area contributed by atoms with Crippen LogP contribution in [0.5, 0.6) is 5.75 Å². The summed E-state index contributed by atoms with van der Waals surface area (Å²) in [6, 6.07) is 12.3. The van der Waals surface area contributed by atoms with Crippen LogP contribution in [0.1, 0.15) is 80.3 Å². The molecule has 2 saturated heterocycles. The van der Waals surface area contributed by atoms with E-state index in [1.165, 1.54) is 24.0 Å². The molecule has 1 spiro atoms. The Morgan fingerprint density at radius 3 is 2.73 bits per heavy atom. The van der Waals surface area contributed by atoms with Crippen LogP contribution < -0.4 is 14.4 Å². The molecule has 2 aromatic carbocycles. The maximum absolute atomic E-state index is 13.6. The predicted molar refractivity (Wildman–Crippen MR) is 201 cm³/mol. The van der Waals surface area contributed by atoms with Crippen LogP contribution in [-0.2, 0) is 26.6 Å². The molecule has 1 saturated carbocycles. The SMILES string of the molecule is C[C@@H]1[C@@H](C)CCC[C@H](CN2CCN3CCOC[C@H]3C2)[C@@H]2CC[C@H]2CN2C[C@@]3(CCCc4cc(Cl)ccc43)COc3ccc(cc32)C(=O)NS1(=O)=O. The highest BCUT2D eigenvalue weighted by Gasteiger charge is 2.45. The smallest absolute Gasteiger partial charge is 0.264 e. The van der Waals surface area contributed by atoms with Gasteiger partial charge in [0, 0.05) is 67.9 Å². The Morgan fingerprint density at radius 2 is 1.88 bits per heavy atom. The van der Waals surface area contributed by atoms with Crippen molar-refractivity contribution in [1.82, 2.24) is 14.5 Å². The van der Waals surface area contributed by atoms with Gasteiger partial charge in [-0.25, -0.2) is 13.1 Å². The van der Waals surface area contributed by atoms with Crippen molar-refractivity contribution in [2.45, 2.75) is 81.9 Å². The summed E-state index contributed by atoms with van der Waals surface area (Å²) in [5.41, 5.74) is 3.65. The number of hydrogen-bond donors (Lipinski definition) is 1. The fourth-order valence-electron chi connectivity index (χ4n) is 10.3. The van der Waals surface area contributed by atoms with Gasteiger partial charge in [0.25, 0.3) is 5.91 Å². The lowest BCUT2D eigenvalue weighted by molar-refractivity contribution is -0.0519. The Balaban J connectivity index is 1.14. The highest BCUT2D eigenvalue weighted by Crippen LogP contribution is 2.48. The number of ether oxygens (including phenoxy) is 2. The molecule has 9 nitrogen and oxygen atoms in total. The maximum Gasteiger partial charge on any atom is 0.264 e. The molecule has 0 aromatic heterocycles. The molecule has 8 rings (SSSR count). The number of aryl methyl sites for hydroxylation is 1. The molecule has 0 radical (unpaired) electrons. The van der Waals surface area contributed by atoms with Gasteiger partial charge in [-0.3, -0.25) is 9.69 Å². The number of carbonyl (C=O) groups excluding carboxylic acids is 1. The van der Waals surface area contributed by atoms with Crippen LogP contribution in [0.2, 0.25) is 5.02 Å². The number of morpholine rings is 1. The van der Waals surface area contributed by atoms with Gasteiger partial charge in [-0.1, -0.05) is 31.0 Å². The van der Waals surface area contributed by atoms with Crippen molar-refractivity contribution in [3.05, 3.63) is 58.1 Å². The fourth-order valence-corrected chi connectivity index (χ4v) is 11.8. The van der Waals surface area contributed by atoms with Crippen molar-refractivity contribution in [3.8, 4) is 5.75 Å². The number of rotatable bonds is 2. The molecular formula is C40H55ClN4O5S. The molecule has 4 heterocycles. The highest BCUT2D eigenvalue weighted by molar-refractivity contribution is 7.90. The Kier molecular flexibility index (Phi) is 10.1. The van der Waals surface area contributed by atoms with Gasteiger partial charge >= 0.3 is 0 Å². The zero-order chi connectivity index (χ0) is 35.3. The Hall–Kier alpha value is -2.37. The monoisotopic (exact) mass is 738 g/mol. The summed E-state index contributed by atoms with van der Waals surface area (Å²) in [4.78, 5) is 21.4. The average molecular weight is 739 g/mol. The van der Waals surface area contributed by atoms with Gasteiger partial charge in [-0.15, -0.1) is 0 Å². The normalized spacial score (nSPS) is 34.6. The third-order valence-corrected chi connectivity index (χ3v) is 15.8. The molecule has 1 amide bonds. The summed E-state index contributed by atoms with van der Waals surface area (Å²) in [7, 11) is -3.87. The minimum absolute atomic E-state index is 0.0654. The van der Waals surface area contributed by atoms with Crippen molar-refractivity contribution < 1.29 is 22.7 Å². The van der Waals surface area contributed by atoms with Gasteiger partial charge in [0.15, 0.2) is 0 Å². The van der Waals surface area contributed by atoms with Gasteiger partial charge < -0.3 is 19.3 Å². The summed E-state index contributed by atoms with van der Waals surface area (Å²) < 4.78 is 42.1. The molecule has 1 N–H and O–H groups in total. The van der Waals surface area contributed by atoms with Gasteiger partial charge in [-0.2, -0.15) is 0 Å². The van der Waals surface area contributed by atoms with Crippen LogP contribution in [-0.4, -0.2) is 101 Å². The number of carbonyl (C=O) groups is 1. The van der Waals surface area contributed by atoms with Crippen LogP contribution in [0.25, 0.3) is 0 Å². The first-order valence-corrected chi connectivity index (χ1v) is 21.4. The number of nitrogens with zero attached hydrogens (tertiary/aromatic N) is 3. The first-order valence-electron chi connectivity index (χ1n) is 19.5. The maximum atomic E-state index is 13.6. The van der Waals surface area contributed by atoms with E-state index >= 15 is 0 Å². The van der Waals surface area contributed by atoms with Gasteiger partial charge in [0.2, 0.25) is 10.0 Å². The lowest BCUT2D eigenvalue weighted by Crippen LogP contribution is -2.59. The van der Waals surface area contributed by atoms with E-state index in [1.807, 2.05) is 25.1 Å². The van der Waals surface area contributed by atoms with E-state index in [2.05, 4.69) is 31.6 Å². The van der Waals surface area contributed by atoms with E-state index < -0.39 is 21.2 Å². The summed E-state index contributed by atoms with van der Waals surface area (Å²) in [6.45, 7) is 13.0. The third-order valence-electron chi connectivity index (χ3n) is 13.6. The zero-order valence-electron chi connectivity index (χ0n) is 30.3. The van der Waals surface area contributed by atoms with E-state index in [0.29, 0.717) is 36.0 Å². The van der Waals surface area contributed by atoms with Crippen LogP contribution >= 0.6 is 11.6 Å². The number of benzene rings is 2. The van der Waals surface area contributed by atoms with Crippen LogP contribution in [0, 0.1) is 23.7 Å². The molecule has 278 valence electrons. The third kappa shape index (κ3) is 7.17. The molecule has 2 bridgehead atoms. The van der Waals surface area contributed by atoms with Crippen LogP contribution in [0.3, 0.4) is 0 Å². The molecule has 4 aliphatic heterocycles. The topological polar surface area (TPSA) is 91.4 Å². The quantitative estimate of drug-likeness (QED) is 0.418. The van der Waals surface area contributed by atoms with E-state index in [4.69, 9.17) is 21.1 Å². The average Bonchev–Trinajstić information content (AvgIpc) is 3.25. The molecule has 51 heavy (non-hydrogen) atoms. The van der Waals surface area contributed by atoms with Gasteiger partial charge in [0.1, 0.15) is 5.75 Å². The largest absolute Gasteiger partial charge is 0.490 e. The van der Waals surface area contributed by atoms with E-state index in [9.17, 15) is 13.2 Å². The Morgan fingerprint density at radius 1 is 1.00 bits per heavy atom. The molecule has 2 aliphatic carbocycles. The molecular weight excluding hydrogens is 684 g/mol. The van der Waals surface area contributed by atoms with E-state index in [0.717, 1.165) is 114 Å². The number of sulfonamides is 1. The summed E-state index contributed by atoms with van der Waals surface area (Å²) in [5.74, 6) is 1.80. The van der Waals surface area contributed by atoms with Gasteiger partial charge in [0.05, 0.1) is 30.8 Å². The second kappa shape index (κ2) is 14.5. The summed E-state index contributed by atoms with van der Waals surface area (Å²) >= 11 is 6.50. The molecule has 0 unspecified atom stereocenters. The Labute approximate surface area is 309 Å². The molecule has 3 fully saturated rings. The second-order valence-corrected chi connectivity index (χ2v) is 19.1. The number of amides is 1. The minimum atomic E-state index is -3.87. The van der Waals surface area contributed by atoms with Crippen molar-refractivity contribution in [2.75, 3.05) is 70.5 Å². The van der Waals surface area contributed by atoms with E-state index in [-0.39, 0.29) is 11.3 Å². The number of nitrogens with one attached hydrogen (secondary N) is 1. The van der Waals surface area contributed by atoms with Crippen molar-refractivity contribution >= 4 is 33.2 Å². The molecule has 6 aliphatic rings. The standard InChI is InChI=1S/C40H55ClN4O5S/c1-27-5-3-6-31(21-43-15-16-44-17-18-49-24-34(44)23-43)35-11-8-32(35)22-45-25-40(14-4-7-29-19-33(41)10-12-36(29)40)26-50-38-13-9-30(20-37(38)45)39(46)42-51(47,48)28(27)2/h9-10,12-13,19-20,27-28,31-32,34-35H,3-8,11,14-18,21-26H2,1-2H3,(H,42,46)/t27-,28+,31+,32-,34+,35-,40-/m0/s1. The zero-order valence-corrected chi connectivity index (χ0v) is 31.9. The molecule has 7 atom stereocenters. The van der Waals surface area contributed by atoms with Crippen molar-refractivity contribution in [1.29, 1.82) is 0 Å². The number of piperazine rings is 1. The van der Waals surface area contributed by atoms with Crippen LogP contribution in [0.15, 0.2) is 36.4 Å².